The van der Waals surface area contributed by atoms with Crippen LogP contribution in [0.5, 0.6) is 0 Å². The predicted octanol–water partition coefficient (Wildman–Crippen LogP) is 6.69. The van der Waals surface area contributed by atoms with Gasteiger partial charge in [-0.05, 0) is 18.6 Å². The zero-order valence-corrected chi connectivity index (χ0v) is 13.7. The molecule has 114 valence electrons. The molecule has 0 atom stereocenters. The molecule has 0 fully saturated rings. The molecule has 0 aliphatic carbocycles. The molecule has 0 aliphatic heterocycles. The van der Waals surface area contributed by atoms with Gasteiger partial charge in [0, 0.05) is 6.54 Å². The van der Waals surface area contributed by atoms with Crippen molar-refractivity contribution in [3.8, 4) is 0 Å². The molecule has 0 aromatic heterocycles. The van der Waals surface area contributed by atoms with E-state index in [2.05, 4.69) is 12.2 Å². The van der Waals surface area contributed by atoms with E-state index in [1.165, 1.54) is 57.1 Å². The average molecular weight is 320 g/mol. The Morgan fingerprint density at radius 2 is 1.40 bits per heavy atom. The summed E-state index contributed by atoms with van der Waals surface area (Å²) in [6.45, 7) is 3.05. The molecule has 4 heteroatoms. The molecule has 20 heavy (non-hydrogen) atoms. The van der Waals surface area contributed by atoms with Crippen LogP contribution in [0.1, 0.15) is 58.3 Å². The van der Waals surface area contributed by atoms with Gasteiger partial charge < -0.3 is 5.32 Å². The molecule has 1 N–H and O–H groups in total. The minimum absolute atomic E-state index is 0.342. The monoisotopic (exact) mass is 319 g/mol. The van der Waals surface area contributed by atoms with Gasteiger partial charge in [0.1, 0.15) is 5.82 Å². The molecule has 0 saturated heterocycles. The largest absolute Gasteiger partial charge is 0.383 e. The topological polar surface area (TPSA) is 12.0 Å². The van der Waals surface area contributed by atoms with Gasteiger partial charge in [0.15, 0.2) is 0 Å². The Kier molecular flexibility index (Phi) is 9.04. The molecule has 1 aromatic rings. The fourth-order valence-corrected chi connectivity index (χ4v) is 2.78. The molecule has 0 radical (unpaired) electrons. The van der Waals surface area contributed by atoms with Crippen molar-refractivity contribution < 1.29 is 4.39 Å². The number of hydrogen-bond acceptors (Lipinski definition) is 1. The Morgan fingerprint density at radius 3 is 1.95 bits per heavy atom. The van der Waals surface area contributed by atoms with Crippen molar-refractivity contribution in [3.05, 3.63) is 28.0 Å². The Hall–Kier alpha value is -0.470. The second kappa shape index (κ2) is 10.3. The number of benzene rings is 1. The van der Waals surface area contributed by atoms with E-state index in [1.807, 2.05) is 0 Å². The van der Waals surface area contributed by atoms with E-state index in [1.54, 1.807) is 0 Å². The molecule has 0 unspecified atom stereocenters. The maximum atomic E-state index is 13.0. The smallest absolute Gasteiger partial charge is 0.126 e. The number of halogens is 3. The lowest BCUT2D eigenvalue weighted by atomic mass is 10.1. The van der Waals surface area contributed by atoms with E-state index in [-0.39, 0.29) is 0 Å². The Balaban J connectivity index is 2.13. The molecule has 0 saturated carbocycles. The van der Waals surface area contributed by atoms with Crippen LogP contribution in [-0.2, 0) is 0 Å². The molecule has 1 nitrogen and oxygen atoms in total. The lowest BCUT2D eigenvalue weighted by Crippen LogP contribution is -2.03. The van der Waals surface area contributed by atoms with E-state index in [9.17, 15) is 4.39 Å². The number of nitrogens with one attached hydrogen (secondary N) is 1. The summed E-state index contributed by atoms with van der Waals surface area (Å²) in [6.07, 6.45) is 10.2. The van der Waals surface area contributed by atoms with Crippen molar-refractivity contribution in [1.82, 2.24) is 0 Å². The van der Waals surface area contributed by atoms with Crippen molar-refractivity contribution in [1.29, 1.82) is 0 Å². The highest BCUT2D eigenvalue weighted by molar-refractivity contribution is 6.39. The summed E-state index contributed by atoms with van der Waals surface area (Å²) in [5.41, 5.74) is 0.637. The van der Waals surface area contributed by atoms with E-state index in [4.69, 9.17) is 23.2 Å². The molecular weight excluding hydrogens is 296 g/mol. The van der Waals surface area contributed by atoms with Gasteiger partial charge in [0.05, 0.1) is 15.7 Å². The fraction of sp³-hybridized carbons (Fsp3) is 0.625. The molecule has 1 aromatic carbocycles. The van der Waals surface area contributed by atoms with Crippen LogP contribution in [0, 0.1) is 5.82 Å². The van der Waals surface area contributed by atoms with Crippen molar-refractivity contribution in [3.63, 3.8) is 0 Å². The Bertz CT molecular complexity index is 373. The third-order valence-corrected chi connectivity index (χ3v) is 3.94. The molecule has 0 heterocycles. The van der Waals surface area contributed by atoms with E-state index < -0.39 is 5.82 Å². The first-order valence-electron chi connectivity index (χ1n) is 7.53. The summed E-state index contributed by atoms with van der Waals surface area (Å²) in [4.78, 5) is 0. The lowest BCUT2D eigenvalue weighted by molar-refractivity contribution is 0.581. The standard InChI is InChI=1S/C16H24Cl2FN/c1-2-3-4-5-6-7-8-9-10-20-16-14(17)11-13(19)12-15(16)18/h11-12,20H,2-10H2,1H3. The van der Waals surface area contributed by atoms with Crippen LogP contribution < -0.4 is 5.32 Å². The fourth-order valence-electron chi connectivity index (χ4n) is 2.18. The minimum Gasteiger partial charge on any atom is -0.383 e. The van der Waals surface area contributed by atoms with Gasteiger partial charge >= 0.3 is 0 Å². The first kappa shape index (κ1) is 17.6. The Labute approximate surface area is 131 Å². The van der Waals surface area contributed by atoms with Gasteiger partial charge in [0.25, 0.3) is 0 Å². The van der Waals surface area contributed by atoms with Crippen molar-refractivity contribution in [2.75, 3.05) is 11.9 Å². The van der Waals surface area contributed by atoms with Crippen LogP contribution in [0.3, 0.4) is 0 Å². The van der Waals surface area contributed by atoms with E-state index >= 15 is 0 Å². The molecule has 1 rings (SSSR count). The highest BCUT2D eigenvalue weighted by Gasteiger charge is 2.07. The van der Waals surface area contributed by atoms with E-state index in [0.29, 0.717) is 15.7 Å². The second-order valence-corrected chi connectivity index (χ2v) is 5.96. The van der Waals surface area contributed by atoms with Crippen molar-refractivity contribution in [2.24, 2.45) is 0 Å². The van der Waals surface area contributed by atoms with Gasteiger partial charge in [-0.1, -0.05) is 75.1 Å². The summed E-state index contributed by atoms with van der Waals surface area (Å²) >= 11 is 11.9. The maximum absolute atomic E-state index is 13.0. The molecule has 0 bridgehead atoms. The highest BCUT2D eigenvalue weighted by Crippen LogP contribution is 2.31. The van der Waals surface area contributed by atoms with Crippen LogP contribution >= 0.6 is 23.2 Å². The normalized spacial score (nSPS) is 10.8. The van der Waals surface area contributed by atoms with Gasteiger partial charge in [-0.15, -0.1) is 0 Å². The zero-order valence-electron chi connectivity index (χ0n) is 12.2. The summed E-state index contributed by atoms with van der Waals surface area (Å²) in [6, 6.07) is 2.56. The SMILES string of the molecule is CCCCCCCCCCNc1c(Cl)cc(F)cc1Cl. The lowest BCUT2D eigenvalue weighted by Gasteiger charge is -2.10. The summed E-state index contributed by atoms with van der Waals surface area (Å²) in [7, 11) is 0. The number of unbranched alkanes of at least 4 members (excludes halogenated alkanes) is 7. The minimum atomic E-state index is -0.405. The Morgan fingerprint density at radius 1 is 0.900 bits per heavy atom. The third kappa shape index (κ3) is 6.81. The summed E-state index contributed by atoms with van der Waals surface area (Å²) in [5.74, 6) is -0.405. The zero-order chi connectivity index (χ0) is 14.8. The van der Waals surface area contributed by atoms with Crippen LogP contribution in [-0.4, -0.2) is 6.54 Å². The quantitative estimate of drug-likeness (QED) is 0.474. The highest BCUT2D eigenvalue weighted by atomic mass is 35.5. The number of anilines is 1. The van der Waals surface area contributed by atoms with E-state index in [0.717, 1.165) is 13.0 Å². The predicted molar refractivity (Wildman–Crippen MR) is 87.5 cm³/mol. The molecule has 0 amide bonds. The van der Waals surface area contributed by atoms with Crippen LogP contribution in [0.2, 0.25) is 10.0 Å². The number of hydrogen-bond donors (Lipinski definition) is 1. The maximum Gasteiger partial charge on any atom is 0.126 e. The van der Waals surface area contributed by atoms with Gasteiger partial charge in [-0.3, -0.25) is 0 Å². The summed E-state index contributed by atoms with van der Waals surface area (Å²) < 4.78 is 13.0. The number of rotatable bonds is 10. The van der Waals surface area contributed by atoms with Crippen LogP contribution in [0.25, 0.3) is 0 Å². The van der Waals surface area contributed by atoms with Crippen molar-refractivity contribution >= 4 is 28.9 Å². The molecular formula is C16H24Cl2FN. The first-order valence-corrected chi connectivity index (χ1v) is 8.29. The van der Waals surface area contributed by atoms with Gasteiger partial charge in [-0.25, -0.2) is 4.39 Å². The second-order valence-electron chi connectivity index (χ2n) is 5.15. The van der Waals surface area contributed by atoms with Crippen LogP contribution in [0.15, 0.2) is 12.1 Å². The molecule has 0 aliphatic rings. The summed E-state index contributed by atoms with van der Waals surface area (Å²) in [5, 5.41) is 3.87. The van der Waals surface area contributed by atoms with Crippen molar-refractivity contribution in [2.45, 2.75) is 58.3 Å². The van der Waals surface area contributed by atoms with Crippen LogP contribution in [0.4, 0.5) is 10.1 Å². The third-order valence-electron chi connectivity index (χ3n) is 3.34. The van der Waals surface area contributed by atoms with Gasteiger partial charge in [-0.2, -0.15) is 0 Å². The first-order chi connectivity index (χ1) is 9.65. The van der Waals surface area contributed by atoms with Gasteiger partial charge in [0.2, 0.25) is 0 Å². The average Bonchev–Trinajstić information content (AvgIpc) is 2.39. The molecule has 0 spiro atoms.